The molecule has 6 aliphatic rings. The van der Waals surface area contributed by atoms with Crippen LogP contribution in [0.4, 0.5) is 0 Å². The molecule has 0 amide bonds. The molecule has 0 aromatic heterocycles. The van der Waals surface area contributed by atoms with Gasteiger partial charge in [-0.3, -0.25) is 0 Å². The second-order valence-corrected chi connectivity index (χ2v) is 10.1. The summed E-state index contributed by atoms with van der Waals surface area (Å²) in [6, 6.07) is 15.0. The van der Waals surface area contributed by atoms with Gasteiger partial charge in [0.15, 0.2) is 11.5 Å². The normalized spacial score (nSPS) is 38.0. The molecule has 0 radical (unpaired) electrons. The van der Waals surface area contributed by atoms with Crippen molar-refractivity contribution in [1.82, 2.24) is 0 Å². The molecule has 0 unspecified atom stereocenters. The number of hydrogen-bond donors (Lipinski definition) is 1. The molecule has 2 spiro atoms. The van der Waals surface area contributed by atoms with Gasteiger partial charge in [0, 0.05) is 18.1 Å². The molecule has 6 atom stereocenters. The van der Waals surface area contributed by atoms with Crippen LogP contribution < -0.4 is 9.47 Å². The summed E-state index contributed by atoms with van der Waals surface area (Å²) >= 11 is 0. The fourth-order valence-electron chi connectivity index (χ4n) is 8.21. The standard InChI is InChI=1S/C28H28O4/c1-16(29)20-14-27-19-11-12-26(27)23-18(13-19)9-10-22(30-2)24(23)32-25(26)28(20,31-3)15-21(27)17-7-5-4-6-8-17/h4-10,14-16,19,25,29H,11-13H2,1-3H3/t16-,19-,25-,26+,27-,28-/m1/s1. The molecule has 1 fully saturated rings. The Morgan fingerprint density at radius 3 is 2.62 bits per heavy atom. The van der Waals surface area contributed by atoms with Gasteiger partial charge in [0.1, 0.15) is 11.7 Å². The quantitative estimate of drug-likeness (QED) is 0.731. The molecule has 5 aliphatic carbocycles. The van der Waals surface area contributed by atoms with Gasteiger partial charge in [0.05, 0.1) is 18.6 Å². The second kappa shape index (κ2) is 5.86. The van der Waals surface area contributed by atoms with Crippen LogP contribution in [-0.2, 0) is 16.6 Å². The first-order valence-electron chi connectivity index (χ1n) is 11.7. The van der Waals surface area contributed by atoms with E-state index < -0.39 is 11.7 Å². The minimum absolute atomic E-state index is 0.219. The van der Waals surface area contributed by atoms with E-state index in [2.05, 4.69) is 54.6 Å². The highest BCUT2D eigenvalue weighted by Crippen LogP contribution is 2.79. The van der Waals surface area contributed by atoms with E-state index in [0.717, 1.165) is 36.3 Å². The van der Waals surface area contributed by atoms with Gasteiger partial charge < -0.3 is 19.3 Å². The average Bonchev–Trinajstić information content (AvgIpc) is 3.29. The predicted octanol–water partition coefficient (Wildman–Crippen LogP) is 4.45. The summed E-state index contributed by atoms with van der Waals surface area (Å²) in [6.07, 6.45) is 7.04. The minimum Gasteiger partial charge on any atom is -0.493 e. The Bertz CT molecular complexity index is 1210. The zero-order valence-electron chi connectivity index (χ0n) is 18.7. The third-order valence-corrected chi connectivity index (χ3v) is 9.19. The third-order valence-electron chi connectivity index (χ3n) is 9.19. The van der Waals surface area contributed by atoms with Crippen molar-refractivity contribution in [2.45, 2.75) is 49.4 Å². The van der Waals surface area contributed by atoms with Crippen LogP contribution in [0.3, 0.4) is 0 Å². The van der Waals surface area contributed by atoms with Crippen LogP contribution >= 0.6 is 0 Å². The Balaban J connectivity index is 1.63. The molecule has 1 saturated carbocycles. The molecule has 164 valence electrons. The van der Waals surface area contributed by atoms with E-state index in [1.165, 1.54) is 22.3 Å². The van der Waals surface area contributed by atoms with Crippen molar-refractivity contribution in [3.63, 3.8) is 0 Å². The summed E-state index contributed by atoms with van der Waals surface area (Å²) in [5, 5.41) is 10.9. The first-order chi connectivity index (χ1) is 15.5. The zero-order valence-corrected chi connectivity index (χ0v) is 18.7. The fraction of sp³-hybridized carbons (Fsp3) is 0.429. The van der Waals surface area contributed by atoms with E-state index in [-0.39, 0.29) is 16.9 Å². The highest BCUT2D eigenvalue weighted by atomic mass is 16.6. The van der Waals surface area contributed by atoms with Gasteiger partial charge in [-0.05, 0) is 66.5 Å². The molecule has 0 saturated heterocycles. The van der Waals surface area contributed by atoms with E-state index in [1.807, 2.05) is 6.92 Å². The monoisotopic (exact) mass is 428 g/mol. The van der Waals surface area contributed by atoms with E-state index in [0.29, 0.717) is 5.92 Å². The Morgan fingerprint density at radius 2 is 1.91 bits per heavy atom. The van der Waals surface area contributed by atoms with E-state index in [4.69, 9.17) is 14.2 Å². The molecular weight excluding hydrogens is 400 g/mol. The van der Waals surface area contributed by atoms with Crippen molar-refractivity contribution in [3.05, 3.63) is 76.9 Å². The molecular formula is C28H28O4. The highest BCUT2D eigenvalue weighted by Gasteiger charge is 2.79. The maximum Gasteiger partial charge on any atom is 0.166 e. The molecule has 1 N–H and O–H groups in total. The number of methoxy groups -OCH3 is 2. The highest BCUT2D eigenvalue weighted by molar-refractivity contribution is 5.85. The van der Waals surface area contributed by atoms with Gasteiger partial charge >= 0.3 is 0 Å². The van der Waals surface area contributed by atoms with Crippen LogP contribution in [-0.4, -0.2) is 37.1 Å². The molecule has 4 nitrogen and oxygen atoms in total. The molecule has 1 aliphatic heterocycles. The van der Waals surface area contributed by atoms with Gasteiger partial charge in [-0.15, -0.1) is 0 Å². The first-order valence-corrected chi connectivity index (χ1v) is 11.7. The molecule has 4 heteroatoms. The zero-order chi connectivity index (χ0) is 21.9. The van der Waals surface area contributed by atoms with E-state index >= 15 is 0 Å². The Morgan fingerprint density at radius 1 is 1.09 bits per heavy atom. The lowest BCUT2D eigenvalue weighted by Crippen LogP contribution is -2.69. The lowest BCUT2D eigenvalue weighted by molar-refractivity contribution is -0.0983. The molecule has 8 rings (SSSR count). The molecule has 32 heavy (non-hydrogen) atoms. The summed E-state index contributed by atoms with van der Waals surface area (Å²) in [5.41, 5.74) is 4.93. The second-order valence-electron chi connectivity index (χ2n) is 10.1. The maximum atomic E-state index is 10.9. The lowest BCUT2D eigenvalue weighted by atomic mass is 9.41. The van der Waals surface area contributed by atoms with Crippen molar-refractivity contribution >= 4 is 5.57 Å². The van der Waals surface area contributed by atoms with Crippen molar-refractivity contribution in [1.29, 1.82) is 0 Å². The summed E-state index contributed by atoms with van der Waals surface area (Å²) in [5.74, 6) is 2.12. The number of benzene rings is 2. The number of aliphatic hydroxyl groups excluding tert-OH is 1. The number of aliphatic hydroxyl groups is 1. The average molecular weight is 429 g/mol. The number of rotatable bonds is 4. The molecule has 4 bridgehead atoms. The Hall–Kier alpha value is -2.56. The van der Waals surface area contributed by atoms with Crippen LogP contribution in [0.2, 0.25) is 0 Å². The molecule has 2 aromatic carbocycles. The first kappa shape index (κ1) is 19.0. The summed E-state index contributed by atoms with van der Waals surface area (Å²) < 4.78 is 19.1. The predicted molar refractivity (Wildman–Crippen MR) is 122 cm³/mol. The van der Waals surface area contributed by atoms with Crippen LogP contribution in [0.1, 0.15) is 36.5 Å². The fourth-order valence-corrected chi connectivity index (χ4v) is 8.21. The largest absolute Gasteiger partial charge is 0.493 e. The van der Waals surface area contributed by atoms with Crippen molar-refractivity contribution < 1.29 is 19.3 Å². The summed E-state index contributed by atoms with van der Waals surface area (Å²) in [7, 11) is 3.47. The van der Waals surface area contributed by atoms with Gasteiger partial charge in [0.25, 0.3) is 0 Å². The SMILES string of the molecule is COc1ccc2c3c1O[C@@H]1[C@]34CC[C@H](C2)[C@@]42C=C([C@@H](C)O)[C@]1(OC)C=C2c1ccccc1. The van der Waals surface area contributed by atoms with Crippen LogP contribution in [0.5, 0.6) is 11.5 Å². The minimum atomic E-state index is -0.825. The topological polar surface area (TPSA) is 47.9 Å². The van der Waals surface area contributed by atoms with Crippen molar-refractivity contribution in [2.75, 3.05) is 14.2 Å². The van der Waals surface area contributed by atoms with E-state index in [9.17, 15) is 5.11 Å². The van der Waals surface area contributed by atoms with Crippen molar-refractivity contribution in [3.8, 4) is 11.5 Å². The van der Waals surface area contributed by atoms with E-state index in [1.54, 1.807) is 14.2 Å². The van der Waals surface area contributed by atoms with Crippen molar-refractivity contribution in [2.24, 2.45) is 11.3 Å². The molecule has 2 aromatic rings. The third kappa shape index (κ3) is 1.76. The van der Waals surface area contributed by atoms with Gasteiger partial charge in [-0.1, -0.05) is 42.5 Å². The van der Waals surface area contributed by atoms with Crippen LogP contribution in [0.15, 0.2) is 60.2 Å². The summed E-state index contributed by atoms with van der Waals surface area (Å²) in [4.78, 5) is 0. The van der Waals surface area contributed by atoms with Crippen LogP contribution in [0, 0.1) is 11.3 Å². The van der Waals surface area contributed by atoms with Gasteiger partial charge in [-0.25, -0.2) is 0 Å². The Labute approximate surface area is 188 Å². The van der Waals surface area contributed by atoms with Crippen LogP contribution in [0.25, 0.3) is 5.57 Å². The summed E-state index contributed by atoms with van der Waals surface area (Å²) in [6.45, 7) is 1.85. The van der Waals surface area contributed by atoms with Gasteiger partial charge in [0.2, 0.25) is 0 Å². The number of hydrogen-bond acceptors (Lipinski definition) is 4. The van der Waals surface area contributed by atoms with Gasteiger partial charge in [-0.2, -0.15) is 0 Å². The number of ether oxygens (including phenoxy) is 3. The number of allylic oxidation sites excluding steroid dienone is 2. The smallest absolute Gasteiger partial charge is 0.166 e. The molecule has 1 heterocycles. The lowest BCUT2D eigenvalue weighted by Gasteiger charge is -2.63. The maximum absolute atomic E-state index is 10.9. The Kier molecular flexibility index (Phi) is 3.47.